The van der Waals surface area contributed by atoms with Crippen LogP contribution < -0.4 is 5.32 Å². The Morgan fingerprint density at radius 1 is 1.13 bits per heavy atom. The molecule has 0 unspecified atom stereocenters. The van der Waals surface area contributed by atoms with Crippen LogP contribution in [0.15, 0.2) is 48.8 Å². The number of benzene rings is 2. The molecule has 0 bridgehead atoms. The lowest BCUT2D eigenvalue weighted by Crippen LogP contribution is -2.26. The van der Waals surface area contributed by atoms with Crippen LogP contribution in [0.2, 0.25) is 0 Å². The first-order valence-corrected chi connectivity index (χ1v) is 7.91. The van der Waals surface area contributed by atoms with E-state index in [1.807, 2.05) is 56.6 Å². The van der Waals surface area contributed by atoms with Gasteiger partial charge in [-0.15, -0.1) is 0 Å². The van der Waals surface area contributed by atoms with Gasteiger partial charge in [0.05, 0.1) is 17.4 Å². The van der Waals surface area contributed by atoms with Gasteiger partial charge in [-0.1, -0.05) is 24.3 Å². The van der Waals surface area contributed by atoms with E-state index in [2.05, 4.69) is 20.9 Å². The zero-order chi connectivity index (χ0) is 16.2. The van der Waals surface area contributed by atoms with E-state index in [9.17, 15) is 4.79 Å². The number of nitrogens with zero attached hydrogens (tertiary/aromatic N) is 2. The van der Waals surface area contributed by atoms with Crippen LogP contribution in [0.1, 0.15) is 27.9 Å². The summed E-state index contributed by atoms with van der Waals surface area (Å²) in [6.07, 6.45) is 2.73. The van der Waals surface area contributed by atoms with Crippen molar-refractivity contribution in [3.63, 3.8) is 0 Å². The molecule has 23 heavy (non-hydrogen) atoms. The fraction of sp³-hybridized carbons (Fsp3) is 0.263. The van der Waals surface area contributed by atoms with Crippen molar-refractivity contribution in [3.05, 3.63) is 65.5 Å². The average Bonchev–Trinajstić information content (AvgIpc) is 2.97. The first-order valence-electron chi connectivity index (χ1n) is 7.91. The number of rotatable bonds is 5. The van der Waals surface area contributed by atoms with Crippen LogP contribution in [-0.2, 0) is 6.54 Å². The molecule has 0 saturated carbocycles. The molecule has 1 aromatic heterocycles. The molecule has 3 rings (SSSR count). The van der Waals surface area contributed by atoms with Crippen molar-refractivity contribution in [2.75, 3.05) is 6.54 Å². The van der Waals surface area contributed by atoms with Gasteiger partial charge in [-0.25, -0.2) is 4.98 Å². The zero-order valence-corrected chi connectivity index (χ0v) is 13.5. The van der Waals surface area contributed by atoms with E-state index < -0.39 is 0 Å². The maximum Gasteiger partial charge on any atom is 0.251 e. The molecular weight excluding hydrogens is 286 g/mol. The molecule has 0 spiro atoms. The van der Waals surface area contributed by atoms with Crippen molar-refractivity contribution in [1.29, 1.82) is 0 Å². The Bertz CT molecular complexity index is 836. The molecule has 0 aliphatic carbocycles. The molecule has 2 aromatic carbocycles. The molecule has 0 aliphatic rings. The summed E-state index contributed by atoms with van der Waals surface area (Å²) in [6.45, 7) is 5.50. The molecule has 0 radical (unpaired) electrons. The molecule has 0 saturated heterocycles. The van der Waals surface area contributed by atoms with Crippen molar-refractivity contribution in [1.82, 2.24) is 14.9 Å². The Morgan fingerprint density at radius 3 is 2.83 bits per heavy atom. The third kappa shape index (κ3) is 3.26. The fourth-order valence-electron chi connectivity index (χ4n) is 2.73. The third-order valence-electron chi connectivity index (χ3n) is 4.24. The van der Waals surface area contributed by atoms with E-state index in [4.69, 9.17) is 0 Å². The average molecular weight is 307 g/mol. The number of hydrogen-bond acceptors (Lipinski definition) is 2. The van der Waals surface area contributed by atoms with Crippen molar-refractivity contribution >= 4 is 16.9 Å². The van der Waals surface area contributed by atoms with Crippen LogP contribution in [0.25, 0.3) is 11.0 Å². The van der Waals surface area contributed by atoms with Gasteiger partial charge in [0.15, 0.2) is 0 Å². The molecular formula is C19H21N3O. The van der Waals surface area contributed by atoms with Gasteiger partial charge >= 0.3 is 0 Å². The van der Waals surface area contributed by atoms with Crippen LogP contribution >= 0.6 is 0 Å². The van der Waals surface area contributed by atoms with E-state index in [1.54, 1.807) is 0 Å². The summed E-state index contributed by atoms with van der Waals surface area (Å²) >= 11 is 0. The van der Waals surface area contributed by atoms with Crippen LogP contribution in [0.4, 0.5) is 0 Å². The zero-order valence-electron chi connectivity index (χ0n) is 13.5. The predicted molar refractivity (Wildman–Crippen MR) is 92.6 cm³/mol. The Morgan fingerprint density at radius 2 is 1.96 bits per heavy atom. The molecule has 3 aromatic rings. The van der Waals surface area contributed by atoms with Gasteiger partial charge in [0, 0.05) is 18.7 Å². The maximum absolute atomic E-state index is 12.3. The van der Waals surface area contributed by atoms with Gasteiger partial charge in [-0.2, -0.15) is 0 Å². The predicted octanol–water partition coefficient (Wildman–Crippen LogP) is 3.47. The van der Waals surface area contributed by atoms with E-state index in [1.165, 1.54) is 0 Å². The molecule has 1 N–H and O–H groups in total. The van der Waals surface area contributed by atoms with Gasteiger partial charge in [0.1, 0.15) is 0 Å². The van der Waals surface area contributed by atoms with Crippen molar-refractivity contribution < 1.29 is 4.79 Å². The number of aryl methyl sites for hydroxylation is 2. The quantitative estimate of drug-likeness (QED) is 0.734. The normalized spacial score (nSPS) is 10.9. The lowest BCUT2D eigenvalue weighted by molar-refractivity contribution is 0.0952. The highest BCUT2D eigenvalue weighted by Crippen LogP contribution is 2.13. The number of hydrogen-bond donors (Lipinski definition) is 1. The molecule has 1 heterocycles. The topological polar surface area (TPSA) is 46.9 Å². The highest BCUT2D eigenvalue weighted by molar-refractivity contribution is 5.95. The second kappa shape index (κ2) is 6.65. The smallest absolute Gasteiger partial charge is 0.251 e. The van der Waals surface area contributed by atoms with Crippen LogP contribution in [0.5, 0.6) is 0 Å². The minimum absolute atomic E-state index is 0.00156. The number of fused-ring (bicyclic) bond motifs is 1. The second-order valence-corrected chi connectivity index (χ2v) is 5.78. The van der Waals surface area contributed by atoms with Crippen molar-refractivity contribution in [2.45, 2.75) is 26.8 Å². The summed E-state index contributed by atoms with van der Waals surface area (Å²) < 4.78 is 2.12. The molecule has 1 amide bonds. The van der Waals surface area contributed by atoms with E-state index >= 15 is 0 Å². The lowest BCUT2D eigenvalue weighted by Gasteiger charge is -2.10. The summed E-state index contributed by atoms with van der Waals surface area (Å²) in [6, 6.07) is 13.9. The molecule has 4 heteroatoms. The number of carbonyl (C=O) groups is 1. The third-order valence-corrected chi connectivity index (χ3v) is 4.24. The van der Waals surface area contributed by atoms with Gasteiger partial charge < -0.3 is 9.88 Å². The van der Waals surface area contributed by atoms with Crippen molar-refractivity contribution in [3.8, 4) is 0 Å². The summed E-state index contributed by atoms with van der Waals surface area (Å²) in [5.74, 6) is 0.00156. The number of para-hydroxylation sites is 2. The van der Waals surface area contributed by atoms with Gasteiger partial charge in [-0.05, 0) is 49.6 Å². The summed E-state index contributed by atoms with van der Waals surface area (Å²) in [5, 5.41) is 3.00. The minimum atomic E-state index is 0.00156. The first-order chi connectivity index (χ1) is 11.2. The van der Waals surface area contributed by atoms with E-state index in [0.717, 1.165) is 40.7 Å². The maximum atomic E-state index is 12.3. The number of imidazole rings is 1. The van der Waals surface area contributed by atoms with Gasteiger partial charge in [0.2, 0.25) is 0 Å². The molecule has 0 fully saturated rings. The number of nitrogens with one attached hydrogen (secondary N) is 1. The Labute approximate surface area is 136 Å². The largest absolute Gasteiger partial charge is 0.352 e. The minimum Gasteiger partial charge on any atom is -0.352 e. The Kier molecular flexibility index (Phi) is 4.42. The summed E-state index contributed by atoms with van der Waals surface area (Å²) in [4.78, 5) is 16.6. The number of amides is 1. The Hall–Kier alpha value is -2.62. The van der Waals surface area contributed by atoms with Gasteiger partial charge in [-0.3, -0.25) is 4.79 Å². The molecule has 0 aliphatic heterocycles. The monoisotopic (exact) mass is 307 g/mol. The fourth-order valence-corrected chi connectivity index (χ4v) is 2.73. The molecule has 4 nitrogen and oxygen atoms in total. The highest BCUT2D eigenvalue weighted by Gasteiger charge is 2.09. The summed E-state index contributed by atoms with van der Waals surface area (Å²) in [5.41, 5.74) is 5.09. The standard InChI is InChI=1S/C19H21N3O/c1-14-7-5-8-16(15(14)2)19(23)20-11-6-12-22-13-21-17-9-3-4-10-18(17)22/h3-5,7-10,13H,6,11-12H2,1-2H3,(H,20,23). The van der Waals surface area contributed by atoms with Crippen LogP contribution in [0, 0.1) is 13.8 Å². The molecule has 0 atom stereocenters. The van der Waals surface area contributed by atoms with Crippen LogP contribution in [-0.4, -0.2) is 22.0 Å². The second-order valence-electron chi connectivity index (χ2n) is 5.78. The first kappa shape index (κ1) is 15.3. The van der Waals surface area contributed by atoms with E-state index in [0.29, 0.717) is 6.54 Å². The highest BCUT2D eigenvalue weighted by atomic mass is 16.1. The van der Waals surface area contributed by atoms with Crippen LogP contribution in [0.3, 0.4) is 0 Å². The van der Waals surface area contributed by atoms with Gasteiger partial charge in [0.25, 0.3) is 5.91 Å². The number of carbonyl (C=O) groups excluding carboxylic acids is 1. The lowest BCUT2D eigenvalue weighted by atomic mass is 10.0. The SMILES string of the molecule is Cc1cccc(C(=O)NCCCn2cnc3ccccc32)c1C. The summed E-state index contributed by atoms with van der Waals surface area (Å²) in [7, 11) is 0. The number of aromatic nitrogens is 2. The molecule has 118 valence electrons. The van der Waals surface area contributed by atoms with Crippen molar-refractivity contribution in [2.24, 2.45) is 0 Å². The Balaban J connectivity index is 1.55. The van der Waals surface area contributed by atoms with E-state index in [-0.39, 0.29) is 5.91 Å².